The fourth-order valence-corrected chi connectivity index (χ4v) is 2.93. The van der Waals surface area contributed by atoms with E-state index in [1.165, 1.54) is 12.8 Å². The van der Waals surface area contributed by atoms with E-state index in [1.807, 2.05) is 20.0 Å². The molecular weight excluding hydrogens is 252 g/mol. The largest absolute Gasteiger partial charge is 0.339 e. The van der Waals surface area contributed by atoms with Crippen molar-refractivity contribution < 1.29 is 4.52 Å². The average Bonchev–Trinajstić information content (AvgIpc) is 2.99. The predicted octanol–water partition coefficient (Wildman–Crippen LogP) is 2.56. The van der Waals surface area contributed by atoms with Gasteiger partial charge in [-0.25, -0.2) is 0 Å². The molecule has 1 saturated carbocycles. The van der Waals surface area contributed by atoms with Crippen molar-refractivity contribution in [2.24, 2.45) is 5.73 Å². The van der Waals surface area contributed by atoms with Gasteiger partial charge in [0.15, 0.2) is 0 Å². The molecule has 2 aromatic rings. The van der Waals surface area contributed by atoms with Gasteiger partial charge in [-0.15, -0.1) is 0 Å². The highest BCUT2D eigenvalue weighted by molar-refractivity contribution is 5.54. The van der Waals surface area contributed by atoms with Crippen molar-refractivity contribution >= 4 is 0 Å². The molecule has 0 spiro atoms. The lowest BCUT2D eigenvalue weighted by Gasteiger charge is -2.20. The van der Waals surface area contributed by atoms with Crippen LogP contribution in [-0.2, 0) is 6.42 Å². The molecule has 2 N–H and O–H groups in total. The van der Waals surface area contributed by atoms with E-state index in [2.05, 4.69) is 21.2 Å². The highest BCUT2D eigenvalue weighted by Gasteiger charge is 2.31. The van der Waals surface area contributed by atoms with Gasteiger partial charge in [-0.3, -0.25) is 4.98 Å². The van der Waals surface area contributed by atoms with Crippen LogP contribution in [0.1, 0.15) is 42.7 Å². The van der Waals surface area contributed by atoms with Gasteiger partial charge in [0, 0.05) is 18.2 Å². The fourth-order valence-electron chi connectivity index (χ4n) is 2.93. The SMILES string of the molecule is Cc1cnc(-c2noc(CC3(N)CCCC3)n2)c(C)c1. The summed E-state index contributed by atoms with van der Waals surface area (Å²) in [7, 11) is 0. The van der Waals surface area contributed by atoms with E-state index in [0.29, 0.717) is 18.1 Å². The lowest BCUT2D eigenvalue weighted by atomic mass is 9.95. The molecule has 106 valence electrons. The van der Waals surface area contributed by atoms with E-state index in [0.717, 1.165) is 29.7 Å². The summed E-state index contributed by atoms with van der Waals surface area (Å²) >= 11 is 0. The van der Waals surface area contributed by atoms with E-state index >= 15 is 0 Å². The first-order valence-electron chi connectivity index (χ1n) is 7.11. The highest BCUT2D eigenvalue weighted by atomic mass is 16.5. The van der Waals surface area contributed by atoms with Gasteiger partial charge >= 0.3 is 0 Å². The molecule has 0 bridgehead atoms. The van der Waals surface area contributed by atoms with Crippen LogP contribution in [-0.4, -0.2) is 20.7 Å². The molecule has 0 amide bonds. The molecule has 0 unspecified atom stereocenters. The summed E-state index contributed by atoms with van der Waals surface area (Å²) in [5, 5.41) is 4.05. The van der Waals surface area contributed by atoms with Crippen LogP contribution in [0.5, 0.6) is 0 Å². The van der Waals surface area contributed by atoms with Crippen molar-refractivity contribution in [3.63, 3.8) is 0 Å². The summed E-state index contributed by atoms with van der Waals surface area (Å²) in [5.41, 5.74) is 9.14. The topological polar surface area (TPSA) is 77.8 Å². The minimum absolute atomic E-state index is 0.167. The van der Waals surface area contributed by atoms with Crippen molar-refractivity contribution in [3.05, 3.63) is 29.3 Å². The molecule has 2 aromatic heterocycles. The van der Waals surface area contributed by atoms with Gasteiger partial charge in [0.05, 0.1) is 0 Å². The summed E-state index contributed by atoms with van der Waals surface area (Å²) < 4.78 is 5.35. The maximum absolute atomic E-state index is 6.35. The first kappa shape index (κ1) is 13.2. The minimum Gasteiger partial charge on any atom is -0.339 e. The standard InChI is InChI=1S/C15H20N4O/c1-10-7-11(2)13(17-9-10)14-18-12(20-19-14)8-15(16)5-3-4-6-15/h7,9H,3-6,8,16H2,1-2H3. The molecule has 1 aliphatic rings. The lowest BCUT2D eigenvalue weighted by molar-refractivity contribution is 0.329. The van der Waals surface area contributed by atoms with Crippen LogP contribution >= 0.6 is 0 Å². The highest BCUT2D eigenvalue weighted by Crippen LogP contribution is 2.30. The number of hydrogen-bond donors (Lipinski definition) is 1. The Morgan fingerprint density at radius 1 is 1.30 bits per heavy atom. The van der Waals surface area contributed by atoms with Gasteiger partial charge in [-0.1, -0.05) is 24.1 Å². The van der Waals surface area contributed by atoms with E-state index in [-0.39, 0.29) is 5.54 Å². The molecule has 0 atom stereocenters. The number of nitrogens with two attached hydrogens (primary N) is 1. The Labute approximate surface area is 118 Å². The van der Waals surface area contributed by atoms with Crippen molar-refractivity contribution in [1.82, 2.24) is 15.1 Å². The molecule has 20 heavy (non-hydrogen) atoms. The normalized spacial score (nSPS) is 17.6. The van der Waals surface area contributed by atoms with Crippen LogP contribution in [0, 0.1) is 13.8 Å². The average molecular weight is 272 g/mol. The summed E-state index contributed by atoms with van der Waals surface area (Å²) in [6.45, 7) is 4.02. The molecule has 0 aromatic carbocycles. The third-order valence-corrected chi connectivity index (χ3v) is 4.00. The summed E-state index contributed by atoms with van der Waals surface area (Å²) in [6, 6.07) is 2.07. The van der Waals surface area contributed by atoms with Gasteiger partial charge in [0.1, 0.15) is 5.69 Å². The first-order valence-corrected chi connectivity index (χ1v) is 7.11. The smallest absolute Gasteiger partial charge is 0.228 e. The number of aromatic nitrogens is 3. The molecular formula is C15H20N4O. The third kappa shape index (κ3) is 2.58. The monoisotopic (exact) mass is 272 g/mol. The molecule has 5 nitrogen and oxygen atoms in total. The van der Waals surface area contributed by atoms with Crippen LogP contribution in [0.25, 0.3) is 11.5 Å². The maximum Gasteiger partial charge on any atom is 0.228 e. The Kier molecular flexibility index (Phi) is 3.30. The summed E-state index contributed by atoms with van der Waals surface area (Å²) in [6.07, 6.45) is 6.93. The van der Waals surface area contributed by atoms with Crippen molar-refractivity contribution in [2.75, 3.05) is 0 Å². The molecule has 5 heteroatoms. The van der Waals surface area contributed by atoms with E-state index in [9.17, 15) is 0 Å². The number of nitrogens with zero attached hydrogens (tertiary/aromatic N) is 3. The third-order valence-electron chi connectivity index (χ3n) is 4.00. The van der Waals surface area contributed by atoms with Crippen LogP contribution in [0.4, 0.5) is 0 Å². The predicted molar refractivity (Wildman–Crippen MR) is 76.1 cm³/mol. The van der Waals surface area contributed by atoms with Crippen molar-refractivity contribution in [2.45, 2.75) is 51.5 Å². The van der Waals surface area contributed by atoms with E-state index < -0.39 is 0 Å². The quantitative estimate of drug-likeness (QED) is 0.929. The Bertz CT molecular complexity index is 614. The number of rotatable bonds is 3. The van der Waals surface area contributed by atoms with Crippen molar-refractivity contribution in [1.29, 1.82) is 0 Å². The van der Waals surface area contributed by atoms with Gasteiger partial charge in [-0.2, -0.15) is 4.98 Å². The number of aryl methyl sites for hydroxylation is 2. The Morgan fingerprint density at radius 2 is 2.05 bits per heavy atom. The molecule has 1 aliphatic carbocycles. The van der Waals surface area contributed by atoms with E-state index in [4.69, 9.17) is 10.3 Å². The Hall–Kier alpha value is -1.75. The zero-order valence-corrected chi connectivity index (χ0v) is 12.0. The van der Waals surface area contributed by atoms with Gasteiger partial charge in [0.2, 0.25) is 11.7 Å². The van der Waals surface area contributed by atoms with Crippen LogP contribution in [0.3, 0.4) is 0 Å². The first-order chi connectivity index (χ1) is 9.56. The minimum atomic E-state index is -0.167. The maximum atomic E-state index is 6.35. The second-order valence-electron chi connectivity index (χ2n) is 5.94. The van der Waals surface area contributed by atoms with Crippen LogP contribution in [0.15, 0.2) is 16.8 Å². The fraction of sp³-hybridized carbons (Fsp3) is 0.533. The second kappa shape index (κ2) is 4.98. The molecule has 2 heterocycles. The Balaban J connectivity index is 1.83. The zero-order chi connectivity index (χ0) is 14.2. The van der Waals surface area contributed by atoms with Gasteiger partial charge in [0.25, 0.3) is 0 Å². The second-order valence-corrected chi connectivity index (χ2v) is 5.94. The van der Waals surface area contributed by atoms with Gasteiger partial charge < -0.3 is 10.3 Å². The molecule has 0 aliphatic heterocycles. The van der Waals surface area contributed by atoms with Crippen LogP contribution < -0.4 is 5.73 Å². The number of pyridine rings is 1. The van der Waals surface area contributed by atoms with Crippen LogP contribution in [0.2, 0.25) is 0 Å². The number of hydrogen-bond acceptors (Lipinski definition) is 5. The Morgan fingerprint density at radius 3 is 2.75 bits per heavy atom. The summed E-state index contributed by atoms with van der Waals surface area (Å²) in [4.78, 5) is 8.85. The zero-order valence-electron chi connectivity index (χ0n) is 12.0. The van der Waals surface area contributed by atoms with Gasteiger partial charge in [-0.05, 0) is 37.8 Å². The molecule has 3 rings (SSSR count). The molecule has 1 fully saturated rings. The van der Waals surface area contributed by atoms with Crippen molar-refractivity contribution in [3.8, 4) is 11.5 Å². The lowest BCUT2D eigenvalue weighted by Crippen LogP contribution is -2.38. The van der Waals surface area contributed by atoms with E-state index in [1.54, 1.807) is 0 Å². The summed E-state index contributed by atoms with van der Waals surface area (Å²) in [5.74, 6) is 1.17. The molecule has 0 radical (unpaired) electrons. The molecule has 0 saturated heterocycles.